The highest BCUT2D eigenvalue weighted by molar-refractivity contribution is 5.70. The molecule has 0 aliphatic rings. The second kappa shape index (κ2) is 61.2. The molecule has 0 bridgehead atoms. The SMILES string of the molecule is CC/C=C\C/C=C\C/C=C\C/C=C\C/C=C\C/C=C\C/C=C\C/C=C\CCCCCCCCCCCCC(=O)OC(COC(=O)CCCCCCCCCC/C=C\C/C=C\C/C=C\C/C=C\CC)COC(OCC[N+](C)(C)C)C(=O)[O-]. The van der Waals surface area contributed by atoms with E-state index in [1.54, 1.807) is 0 Å². The number of hydrogen-bond donors (Lipinski definition) is 0. The number of aliphatic carboxylic acids is 1. The van der Waals surface area contributed by atoms with E-state index in [0.717, 1.165) is 135 Å². The summed E-state index contributed by atoms with van der Waals surface area (Å²) in [4.78, 5) is 37.4. The van der Waals surface area contributed by atoms with Crippen molar-refractivity contribution < 1.29 is 42.9 Å². The molecule has 0 saturated carbocycles. The Labute approximate surface area is 496 Å². The number of carbonyl (C=O) groups excluding carboxylic acids is 3. The van der Waals surface area contributed by atoms with Crippen molar-refractivity contribution in [2.75, 3.05) is 47.5 Å². The normalized spacial score (nSPS) is 13.7. The zero-order valence-corrected chi connectivity index (χ0v) is 52.1. The molecule has 0 N–H and O–H groups in total. The molecule has 458 valence electrons. The Kier molecular flexibility index (Phi) is 57.6. The highest BCUT2D eigenvalue weighted by atomic mass is 16.7. The number of carboxylic acid groups (broad SMARTS) is 1. The molecular weight excluding hydrogens is 1010 g/mol. The number of esters is 2. The van der Waals surface area contributed by atoms with Crippen LogP contribution >= 0.6 is 0 Å². The third-order valence-corrected chi connectivity index (χ3v) is 13.1. The van der Waals surface area contributed by atoms with Gasteiger partial charge in [-0.3, -0.25) is 9.59 Å². The molecule has 0 rings (SSSR count). The maximum Gasteiger partial charge on any atom is 0.306 e. The van der Waals surface area contributed by atoms with Crippen LogP contribution in [-0.2, 0) is 33.3 Å². The quantitative estimate of drug-likeness (QED) is 0.0195. The summed E-state index contributed by atoms with van der Waals surface area (Å²) in [6, 6.07) is 0. The minimum atomic E-state index is -1.63. The van der Waals surface area contributed by atoms with E-state index >= 15 is 0 Å². The summed E-state index contributed by atoms with van der Waals surface area (Å²) < 4.78 is 22.7. The smallest absolute Gasteiger partial charge is 0.306 e. The Morgan fingerprint density at radius 3 is 0.988 bits per heavy atom. The number of likely N-dealkylation sites (N-methyl/N-ethyl adjacent to an activating group) is 1. The fourth-order valence-corrected chi connectivity index (χ4v) is 8.25. The second-order valence-electron chi connectivity index (χ2n) is 21.9. The first kappa shape index (κ1) is 76.2. The van der Waals surface area contributed by atoms with Gasteiger partial charge in [-0.15, -0.1) is 0 Å². The predicted octanol–water partition coefficient (Wildman–Crippen LogP) is 18.2. The minimum Gasteiger partial charge on any atom is -0.545 e. The third kappa shape index (κ3) is 62.6. The fourth-order valence-electron chi connectivity index (χ4n) is 8.25. The Hall–Kier alpha value is -4.83. The van der Waals surface area contributed by atoms with Gasteiger partial charge in [0, 0.05) is 12.8 Å². The number of nitrogens with zero attached hydrogens (tertiary/aromatic N) is 1. The summed E-state index contributed by atoms with van der Waals surface area (Å²) in [6.07, 6.45) is 86.1. The summed E-state index contributed by atoms with van der Waals surface area (Å²) >= 11 is 0. The number of ether oxygens (including phenoxy) is 4. The monoisotopic (exact) mass is 1120 g/mol. The lowest BCUT2D eigenvalue weighted by Crippen LogP contribution is -2.44. The molecule has 0 spiro atoms. The predicted molar refractivity (Wildman–Crippen MR) is 342 cm³/mol. The number of unbranched alkanes of at least 4 members (excludes halogenated alkanes) is 18. The average molecular weight is 1120 g/mol. The molecule has 0 radical (unpaired) electrons. The molecule has 9 heteroatoms. The van der Waals surface area contributed by atoms with E-state index < -0.39 is 24.3 Å². The van der Waals surface area contributed by atoms with Gasteiger partial charge in [-0.05, 0) is 116 Å². The van der Waals surface area contributed by atoms with Gasteiger partial charge in [0.2, 0.25) is 0 Å². The van der Waals surface area contributed by atoms with Gasteiger partial charge in [-0.2, -0.15) is 0 Å². The molecule has 0 heterocycles. The summed E-state index contributed by atoms with van der Waals surface area (Å²) in [5.74, 6) is -2.31. The zero-order chi connectivity index (χ0) is 59.1. The Morgan fingerprint density at radius 2 is 0.667 bits per heavy atom. The van der Waals surface area contributed by atoms with Crippen LogP contribution in [0.15, 0.2) is 146 Å². The van der Waals surface area contributed by atoms with Crippen LogP contribution in [-0.4, -0.2) is 82.3 Å². The first-order chi connectivity index (χ1) is 39.6. The van der Waals surface area contributed by atoms with E-state index in [1.165, 1.54) is 64.2 Å². The van der Waals surface area contributed by atoms with Crippen molar-refractivity contribution in [3.05, 3.63) is 146 Å². The molecule has 0 aliphatic carbocycles. The van der Waals surface area contributed by atoms with Crippen molar-refractivity contribution in [3.63, 3.8) is 0 Å². The van der Waals surface area contributed by atoms with Gasteiger partial charge < -0.3 is 33.3 Å². The molecule has 9 nitrogen and oxygen atoms in total. The molecule has 0 saturated heterocycles. The van der Waals surface area contributed by atoms with Gasteiger partial charge in [0.1, 0.15) is 13.2 Å². The highest BCUT2D eigenvalue weighted by Crippen LogP contribution is 2.15. The van der Waals surface area contributed by atoms with Gasteiger partial charge in [0.15, 0.2) is 12.4 Å². The van der Waals surface area contributed by atoms with E-state index in [-0.39, 0.29) is 38.6 Å². The molecule has 0 aliphatic heterocycles. The lowest BCUT2D eigenvalue weighted by molar-refractivity contribution is -0.870. The number of quaternary nitrogens is 1. The number of carboxylic acids is 1. The van der Waals surface area contributed by atoms with Crippen molar-refractivity contribution in [2.24, 2.45) is 0 Å². The van der Waals surface area contributed by atoms with Gasteiger partial charge in [-0.25, -0.2) is 0 Å². The van der Waals surface area contributed by atoms with Crippen molar-refractivity contribution in [1.29, 1.82) is 0 Å². The maximum atomic E-state index is 12.9. The first-order valence-electron chi connectivity index (χ1n) is 32.0. The topological polar surface area (TPSA) is 111 Å². The molecule has 2 atom stereocenters. The highest BCUT2D eigenvalue weighted by Gasteiger charge is 2.22. The number of rotatable bonds is 57. The first-order valence-corrected chi connectivity index (χ1v) is 32.0. The average Bonchev–Trinajstić information content (AvgIpc) is 3.44. The molecule has 2 unspecified atom stereocenters. The van der Waals surface area contributed by atoms with Crippen LogP contribution in [0.4, 0.5) is 0 Å². The van der Waals surface area contributed by atoms with Crippen LogP contribution in [0, 0.1) is 0 Å². The van der Waals surface area contributed by atoms with E-state index in [9.17, 15) is 19.5 Å². The maximum absolute atomic E-state index is 12.9. The van der Waals surface area contributed by atoms with Crippen molar-refractivity contribution >= 4 is 17.9 Å². The number of carbonyl (C=O) groups is 3. The summed E-state index contributed by atoms with van der Waals surface area (Å²) in [7, 11) is 5.91. The standard InChI is InChI=1S/C72H117NO8/c1-6-8-10-12-14-16-18-20-22-24-26-28-29-30-31-32-33-34-35-36-37-38-39-40-41-43-45-47-49-51-53-55-57-59-61-63-70(75)81-68(67-80-72(71(76)77)78-65-64-73(3,4)5)66-79-69(74)62-60-58-56-54-52-50-48-46-44-42-27-25-23-21-19-17-15-13-11-9-7-2/h8-11,14-17,20-23,26-28,30-31,33-34,36-37,39-40,42,68,72H,6-7,12-13,18-19,24-25,29,32,35,38,41,43-67H2,1-5H3/b10-8-,11-9-,16-14-,17-15-,22-20-,23-21-,28-26-,31-30-,34-33-,37-36-,40-39-,42-27-. The molecule has 0 aromatic heterocycles. The van der Waals surface area contributed by atoms with Crippen LogP contribution in [0.25, 0.3) is 0 Å². The largest absolute Gasteiger partial charge is 0.545 e. The fraction of sp³-hybridized carbons (Fsp3) is 0.625. The Balaban J connectivity index is 4.22. The van der Waals surface area contributed by atoms with Gasteiger partial charge >= 0.3 is 11.9 Å². The lowest BCUT2D eigenvalue weighted by atomic mass is 10.0. The number of allylic oxidation sites excluding steroid dienone is 24. The molecular formula is C72H117NO8. The third-order valence-electron chi connectivity index (χ3n) is 13.1. The summed E-state index contributed by atoms with van der Waals surface area (Å²) in [5, 5.41) is 11.8. The van der Waals surface area contributed by atoms with Crippen LogP contribution in [0.2, 0.25) is 0 Å². The van der Waals surface area contributed by atoms with Crippen LogP contribution in [0.5, 0.6) is 0 Å². The molecule has 0 amide bonds. The van der Waals surface area contributed by atoms with Crippen molar-refractivity contribution in [3.8, 4) is 0 Å². The molecule has 0 fully saturated rings. The van der Waals surface area contributed by atoms with Crippen molar-refractivity contribution in [2.45, 2.75) is 245 Å². The second-order valence-corrected chi connectivity index (χ2v) is 21.9. The zero-order valence-electron chi connectivity index (χ0n) is 52.1. The Morgan fingerprint density at radius 1 is 0.370 bits per heavy atom. The van der Waals surface area contributed by atoms with E-state index in [2.05, 4.69) is 160 Å². The molecule has 81 heavy (non-hydrogen) atoms. The van der Waals surface area contributed by atoms with Crippen molar-refractivity contribution in [1.82, 2.24) is 0 Å². The van der Waals surface area contributed by atoms with Crippen LogP contribution < -0.4 is 5.11 Å². The molecule has 0 aromatic carbocycles. The lowest BCUT2D eigenvalue weighted by Gasteiger charge is -2.26. The minimum absolute atomic E-state index is 0.138. The Bertz CT molecular complexity index is 1840. The van der Waals surface area contributed by atoms with E-state index in [4.69, 9.17) is 18.9 Å². The van der Waals surface area contributed by atoms with Gasteiger partial charge in [-0.1, -0.05) is 250 Å². The van der Waals surface area contributed by atoms with E-state index in [0.29, 0.717) is 17.4 Å². The van der Waals surface area contributed by atoms with Crippen LogP contribution in [0.1, 0.15) is 232 Å². The van der Waals surface area contributed by atoms with E-state index in [1.807, 2.05) is 21.1 Å². The summed E-state index contributed by atoms with van der Waals surface area (Å²) in [5.41, 5.74) is 0. The van der Waals surface area contributed by atoms with Gasteiger partial charge in [0.05, 0.1) is 40.3 Å². The van der Waals surface area contributed by atoms with Gasteiger partial charge in [0.25, 0.3) is 0 Å². The van der Waals surface area contributed by atoms with Crippen LogP contribution in [0.3, 0.4) is 0 Å². The summed E-state index contributed by atoms with van der Waals surface area (Å²) in [6.45, 7) is 4.49. The molecule has 0 aromatic rings. The number of hydrogen-bond acceptors (Lipinski definition) is 8.